The average Bonchev–Trinajstić information content (AvgIpc) is 2.30. The van der Waals surface area contributed by atoms with Crippen LogP contribution in [0.15, 0.2) is 0 Å². The first kappa shape index (κ1) is 14.0. The van der Waals surface area contributed by atoms with Crippen molar-refractivity contribution in [1.29, 1.82) is 0 Å². The normalized spacial score (nSPS) is 27.2. The molecule has 2 unspecified atom stereocenters. The summed E-state index contributed by atoms with van der Waals surface area (Å²) in [5, 5.41) is 3.70. The largest absolute Gasteiger partial charge is 0.311 e. The van der Waals surface area contributed by atoms with Crippen molar-refractivity contribution in [2.24, 2.45) is 0 Å². The summed E-state index contributed by atoms with van der Waals surface area (Å²) in [5.41, 5.74) is 0. The summed E-state index contributed by atoms with van der Waals surface area (Å²) in [7, 11) is 0. The van der Waals surface area contributed by atoms with E-state index in [9.17, 15) is 0 Å². The van der Waals surface area contributed by atoms with Crippen molar-refractivity contribution in [1.82, 2.24) is 10.2 Å². The lowest BCUT2D eigenvalue weighted by molar-refractivity contribution is 0.121. The van der Waals surface area contributed by atoms with Gasteiger partial charge in [0.05, 0.1) is 0 Å². The summed E-state index contributed by atoms with van der Waals surface area (Å²) < 4.78 is 0. The summed E-state index contributed by atoms with van der Waals surface area (Å²) >= 11 is 0. The molecule has 0 radical (unpaired) electrons. The predicted molar refractivity (Wildman–Crippen MR) is 71.9 cm³/mol. The van der Waals surface area contributed by atoms with Gasteiger partial charge in [-0.05, 0) is 25.8 Å². The Morgan fingerprint density at radius 3 is 2.56 bits per heavy atom. The molecule has 96 valence electrons. The van der Waals surface area contributed by atoms with Crippen LogP contribution in [0, 0.1) is 0 Å². The monoisotopic (exact) mass is 226 g/mol. The van der Waals surface area contributed by atoms with Gasteiger partial charge < -0.3 is 5.32 Å². The molecule has 0 spiro atoms. The summed E-state index contributed by atoms with van der Waals surface area (Å²) in [6.07, 6.45) is 8.03. The molecule has 0 aromatic rings. The van der Waals surface area contributed by atoms with Crippen molar-refractivity contribution in [3.8, 4) is 0 Å². The molecule has 0 amide bonds. The molecular formula is C14H30N2. The Morgan fingerprint density at radius 2 is 1.94 bits per heavy atom. The molecule has 0 bridgehead atoms. The van der Waals surface area contributed by atoms with Crippen molar-refractivity contribution < 1.29 is 0 Å². The van der Waals surface area contributed by atoms with E-state index >= 15 is 0 Å². The maximum Gasteiger partial charge on any atom is 0.0218 e. The third kappa shape index (κ3) is 4.42. The molecule has 0 saturated carbocycles. The zero-order valence-corrected chi connectivity index (χ0v) is 11.5. The van der Waals surface area contributed by atoms with E-state index in [0.29, 0.717) is 0 Å². The van der Waals surface area contributed by atoms with Crippen molar-refractivity contribution in [3.05, 3.63) is 0 Å². The number of hydrogen-bond donors (Lipinski definition) is 1. The molecule has 1 fully saturated rings. The molecule has 0 aromatic carbocycles. The number of nitrogens with zero attached hydrogens (tertiary/aromatic N) is 1. The fraction of sp³-hybridized carbons (Fsp3) is 1.00. The highest BCUT2D eigenvalue weighted by molar-refractivity contribution is 4.85. The Kier molecular flexibility index (Phi) is 7.06. The maximum atomic E-state index is 3.70. The highest BCUT2D eigenvalue weighted by atomic mass is 15.2. The molecule has 1 aliphatic heterocycles. The molecule has 1 rings (SSSR count). The number of hydrogen-bond acceptors (Lipinski definition) is 2. The van der Waals surface area contributed by atoms with E-state index in [-0.39, 0.29) is 0 Å². The second-order valence-corrected chi connectivity index (χ2v) is 5.16. The van der Waals surface area contributed by atoms with Gasteiger partial charge in [-0.25, -0.2) is 0 Å². The fourth-order valence-corrected chi connectivity index (χ4v) is 2.71. The minimum Gasteiger partial charge on any atom is -0.311 e. The van der Waals surface area contributed by atoms with Crippen LogP contribution in [0.4, 0.5) is 0 Å². The minimum absolute atomic E-state index is 0.745. The van der Waals surface area contributed by atoms with Crippen LogP contribution in [-0.4, -0.2) is 36.6 Å². The molecule has 0 aliphatic carbocycles. The quantitative estimate of drug-likeness (QED) is 0.671. The average molecular weight is 226 g/mol. The molecule has 2 nitrogen and oxygen atoms in total. The fourth-order valence-electron chi connectivity index (χ4n) is 2.71. The second kappa shape index (κ2) is 8.08. The third-order valence-electron chi connectivity index (χ3n) is 3.77. The van der Waals surface area contributed by atoms with Crippen molar-refractivity contribution in [3.63, 3.8) is 0 Å². The van der Waals surface area contributed by atoms with Gasteiger partial charge >= 0.3 is 0 Å². The van der Waals surface area contributed by atoms with E-state index in [4.69, 9.17) is 0 Å². The second-order valence-electron chi connectivity index (χ2n) is 5.16. The molecule has 2 heteroatoms. The topological polar surface area (TPSA) is 15.3 Å². The van der Waals surface area contributed by atoms with Gasteiger partial charge in [-0.2, -0.15) is 0 Å². The molecule has 16 heavy (non-hydrogen) atoms. The van der Waals surface area contributed by atoms with Gasteiger partial charge in [0.2, 0.25) is 0 Å². The van der Waals surface area contributed by atoms with Gasteiger partial charge in [0.25, 0.3) is 0 Å². The van der Waals surface area contributed by atoms with Crippen LogP contribution in [0.25, 0.3) is 0 Å². The lowest BCUT2D eigenvalue weighted by Gasteiger charge is -2.40. The number of rotatable bonds is 7. The third-order valence-corrected chi connectivity index (χ3v) is 3.77. The molecule has 0 aromatic heterocycles. The predicted octanol–water partition coefficient (Wildman–Crippen LogP) is 3.03. The van der Waals surface area contributed by atoms with Crippen molar-refractivity contribution in [2.45, 2.75) is 71.4 Å². The lowest BCUT2D eigenvalue weighted by atomic mass is 10.0. The Balaban J connectivity index is 2.34. The minimum atomic E-state index is 0.745. The molecule has 2 atom stereocenters. The van der Waals surface area contributed by atoms with Crippen LogP contribution < -0.4 is 5.32 Å². The Labute approximate surface area is 102 Å². The summed E-state index contributed by atoms with van der Waals surface area (Å²) in [4.78, 5) is 2.73. The van der Waals surface area contributed by atoms with Gasteiger partial charge in [0.15, 0.2) is 0 Å². The van der Waals surface area contributed by atoms with Crippen molar-refractivity contribution >= 4 is 0 Å². The van der Waals surface area contributed by atoms with E-state index in [1.807, 2.05) is 0 Å². The van der Waals surface area contributed by atoms with Crippen LogP contribution in [-0.2, 0) is 0 Å². The van der Waals surface area contributed by atoms with Crippen LogP contribution in [0.1, 0.15) is 59.3 Å². The van der Waals surface area contributed by atoms with Gasteiger partial charge in [-0.1, -0.05) is 40.0 Å². The van der Waals surface area contributed by atoms with Crippen LogP contribution >= 0.6 is 0 Å². The summed E-state index contributed by atoms with van der Waals surface area (Å²) in [5.74, 6) is 0. The molecular weight excluding hydrogens is 196 g/mol. The zero-order chi connectivity index (χ0) is 11.8. The van der Waals surface area contributed by atoms with Gasteiger partial charge in [0, 0.05) is 25.2 Å². The Bertz CT molecular complexity index is 170. The number of unbranched alkanes of at least 4 members (excludes halogenated alkanes) is 2. The SMILES string of the molecule is CCCCCN1CC(CCC)NCC1CC. The van der Waals surface area contributed by atoms with Gasteiger partial charge in [0.1, 0.15) is 0 Å². The van der Waals surface area contributed by atoms with E-state index in [1.54, 1.807) is 0 Å². The van der Waals surface area contributed by atoms with Crippen LogP contribution in [0.3, 0.4) is 0 Å². The summed E-state index contributed by atoms with van der Waals surface area (Å²) in [6, 6.07) is 1.53. The first-order valence-corrected chi connectivity index (χ1v) is 7.29. The first-order valence-electron chi connectivity index (χ1n) is 7.29. The lowest BCUT2D eigenvalue weighted by Crippen LogP contribution is -2.56. The van der Waals surface area contributed by atoms with Gasteiger partial charge in [-0.15, -0.1) is 0 Å². The highest BCUT2D eigenvalue weighted by Gasteiger charge is 2.25. The van der Waals surface area contributed by atoms with E-state index < -0.39 is 0 Å². The standard InChI is InChI=1S/C14H30N2/c1-4-7-8-10-16-12-13(9-5-2)15-11-14(16)6-3/h13-15H,4-12H2,1-3H3. The Hall–Kier alpha value is -0.0800. The van der Waals surface area contributed by atoms with Gasteiger partial charge in [-0.3, -0.25) is 4.90 Å². The van der Waals surface area contributed by atoms with Crippen LogP contribution in [0.5, 0.6) is 0 Å². The van der Waals surface area contributed by atoms with E-state index in [0.717, 1.165) is 12.1 Å². The van der Waals surface area contributed by atoms with E-state index in [2.05, 4.69) is 31.0 Å². The first-order chi connectivity index (χ1) is 7.81. The smallest absolute Gasteiger partial charge is 0.0218 e. The highest BCUT2D eigenvalue weighted by Crippen LogP contribution is 2.14. The molecule has 1 aliphatic rings. The van der Waals surface area contributed by atoms with Crippen LogP contribution in [0.2, 0.25) is 0 Å². The molecule has 1 N–H and O–H groups in total. The number of nitrogens with one attached hydrogen (secondary N) is 1. The van der Waals surface area contributed by atoms with E-state index in [1.165, 1.54) is 58.2 Å². The summed E-state index contributed by atoms with van der Waals surface area (Å²) in [6.45, 7) is 10.7. The molecule has 1 saturated heterocycles. The maximum absolute atomic E-state index is 3.70. The van der Waals surface area contributed by atoms with Crippen molar-refractivity contribution in [2.75, 3.05) is 19.6 Å². The Morgan fingerprint density at radius 1 is 1.12 bits per heavy atom. The molecule has 1 heterocycles. The zero-order valence-electron chi connectivity index (χ0n) is 11.5. The number of piperazine rings is 1.